The molecule has 0 saturated carbocycles. The quantitative estimate of drug-likeness (QED) is 0.864. The van der Waals surface area contributed by atoms with Crippen LogP contribution in [0.2, 0.25) is 5.02 Å². The third-order valence-corrected chi connectivity index (χ3v) is 3.34. The van der Waals surface area contributed by atoms with Gasteiger partial charge in [-0.15, -0.1) is 11.3 Å². The molecule has 2 aromatic rings. The molecule has 0 spiro atoms. The lowest BCUT2D eigenvalue weighted by Gasteiger charge is -1.97. The van der Waals surface area contributed by atoms with Crippen LogP contribution in [0.1, 0.15) is 4.88 Å². The monoisotopic (exact) mass is 265 g/mol. The van der Waals surface area contributed by atoms with E-state index in [0.29, 0.717) is 5.02 Å². The fraction of sp³-hybridized carbons (Fsp3) is 0. The maximum Gasteiger partial charge on any atom is 0.328 e. The molecule has 0 radical (unpaired) electrons. The second-order valence-electron chi connectivity index (χ2n) is 3.22. The van der Waals surface area contributed by atoms with Crippen molar-refractivity contribution < 1.29 is 9.90 Å². The average molecular weight is 266 g/mol. The van der Waals surface area contributed by atoms with E-state index in [9.17, 15) is 4.79 Å². The fourth-order valence-electron chi connectivity index (χ4n) is 1.28. The summed E-state index contributed by atoms with van der Waals surface area (Å²) in [7, 11) is 0. The van der Waals surface area contributed by atoms with Crippen LogP contribution in [0, 0.1) is 0 Å². The Morgan fingerprint density at radius 3 is 2.88 bits per heavy atom. The Labute approximate surface area is 107 Å². The Balaban J connectivity index is 2.30. The van der Waals surface area contributed by atoms with Gasteiger partial charge in [-0.1, -0.05) is 29.8 Å². The number of carboxylic acids is 1. The van der Waals surface area contributed by atoms with Crippen LogP contribution in [-0.2, 0) is 4.79 Å². The van der Waals surface area contributed by atoms with Crippen molar-refractivity contribution in [2.24, 2.45) is 0 Å². The van der Waals surface area contributed by atoms with Gasteiger partial charge in [0.25, 0.3) is 0 Å². The maximum absolute atomic E-state index is 10.4. The first-order valence-corrected chi connectivity index (χ1v) is 5.98. The van der Waals surface area contributed by atoms with Crippen molar-refractivity contribution in [3.8, 4) is 10.6 Å². The first-order valence-electron chi connectivity index (χ1n) is 4.78. The normalized spacial score (nSPS) is 10.9. The summed E-state index contributed by atoms with van der Waals surface area (Å²) in [6.07, 6.45) is 4.23. The zero-order valence-corrected chi connectivity index (χ0v) is 10.2. The number of nitrogens with zero attached hydrogens (tertiary/aromatic N) is 1. The third-order valence-electron chi connectivity index (χ3n) is 2.02. The van der Waals surface area contributed by atoms with Gasteiger partial charge in [0.05, 0.1) is 5.02 Å². The van der Waals surface area contributed by atoms with Crippen molar-refractivity contribution in [2.45, 2.75) is 0 Å². The molecule has 1 N–H and O–H groups in total. The Morgan fingerprint density at radius 2 is 2.18 bits per heavy atom. The summed E-state index contributed by atoms with van der Waals surface area (Å²) in [6, 6.07) is 7.41. The van der Waals surface area contributed by atoms with E-state index < -0.39 is 5.97 Å². The lowest BCUT2D eigenvalue weighted by molar-refractivity contribution is -0.131. The van der Waals surface area contributed by atoms with Gasteiger partial charge in [0.15, 0.2) is 0 Å². The van der Waals surface area contributed by atoms with Crippen molar-refractivity contribution in [1.82, 2.24) is 4.98 Å². The molecular weight excluding hydrogens is 258 g/mol. The molecule has 17 heavy (non-hydrogen) atoms. The van der Waals surface area contributed by atoms with E-state index in [1.807, 2.05) is 18.2 Å². The van der Waals surface area contributed by atoms with Crippen LogP contribution < -0.4 is 0 Å². The highest BCUT2D eigenvalue weighted by atomic mass is 35.5. The van der Waals surface area contributed by atoms with Gasteiger partial charge in [-0.3, -0.25) is 0 Å². The minimum atomic E-state index is -0.974. The SMILES string of the molecule is O=C(O)/C=C/c1cnc(-c2ccccc2Cl)s1. The second kappa shape index (κ2) is 5.12. The number of hydrogen-bond donors (Lipinski definition) is 1. The fourth-order valence-corrected chi connectivity index (χ4v) is 2.42. The van der Waals surface area contributed by atoms with E-state index in [4.69, 9.17) is 16.7 Å². The van der Waals surface area contributed by atoms with Crippen molar-refractivity contribution in [3.63, 3.8) is 0 Å². The lowest BCUT2D eigenvalue weighted by Crippen LogP contribution is -1.84. The van der Waals surface area contributed by atoms with Crippen molar-refractivity contribution >= 4 is 35.0 Å². The molecule has 1 aromatic carbocycles. The number of aliphatic carboxylic acids is 1. The van der Waals surface area contributed by atoms with Crippen LogP contribution in [0.3, 0.4) is 0 Å². The van der Waals surface area contributed by atoms with Crippen LogP contribution in [0.5, 0.6) is 0 Å². The van der Waals surface area contributed by atoms with Gasteiger partial charge in [0.1, 0.15) is 5.01 Å². The van der Waals surface area contributed by atoms with Gasteiger partial charge in [-0.05, 0) is 12.1 Å². The summed E-state index contributed by atoms with van der Waals surface area (Å²) >= 11 is 7.45. The van der Waals surface area contributed by atoms with E-state index in [1.165, 1.54) is 17.4 Å². The summed E-state index contributed by atoms with van der Waals surface area (Å²) in [5.41, 5.74) is 0.856. The maximum atomic E-state index is 10.4. The molecule has 1 aromatic heterocycles. The molecule has 0 saturated heterocycles. The molecule has 0 fully saturated rings. The number of hydrogen-bond acceptors (Lipinski definition) is 3. The number of thiazole rings is 1. The van der Waals surface area contributed by atoms with Gasteiger partial charge < -0.3 is 5.11 Å². The molecule has 0 bridgehead atoms. The Hall–Kier alpha value is -1.65. The predicted octanol–water partition coefficient (Wildman–Crippen LogP) is 3.56. The summed E-state index contributed by atoms with van der Waals surface area (Å²) in [4.78, 5) is 15.4. The zero-order chi connectivity index (χ0) is 12.3. The zero-order valence-electron chi connectivity index (χ0n) is 8.63. The number of benzene rings is 1. The summed E-state index contributed by atoms with van der Waals surface area (Å²) in [5.74, 6) is -0.974. The Morgan fingerprint density at radius 1 is 1.41 bits per heavy atom. The minimum absolute atomic E-state index is 0.635. The molecular formula is C12H8ClNO2S. The first kappa shape index (κ1) is 11.8. The highest BCUT2D eigenvalue weighted by Crippen LogP contribution is 2.31. The van der Waals surface area contributed by atoms with Crippen LogP contribution in [0.15, 0.2) is 36.5 Å². The van der Waals surface area contributed by atoms with E-state index >= 15 is 0 Å². The predicted molar refractivity (Wildman–Crippen MR) is 69.2 cm³/mol. The van der Waals surface area contributed by atoms with E-state index in [2.05, 4.69) is 4.98 Å². The van der Waals surface area contributed by atoms with Crippen molar-refractivity contribution in [1.29, 1.82) is 0 Å². The van der Waals surface area contributed by atoms with E-state index in [1.54, 1.807) is 12.3 Å². The molecule has 0 unspecified atom stereocenters. The smallest absolute Gasteiger partial charge is 0.328 e. The Kier molecular flexibility index (Phi) is 3.56. The first-order chi connectivity index (χ1) is 8.16. The van der Waals surface area contributed by atoms with Gasteiger partial charge in [-0.2, -0.15) is 0 Å². The number of aromatic nitrogens is 1. The summed E-state index contributed by atoms with van der Waals surface area (Å²) in [5, 5.41) is 9.93. The molecule has 0 amide bonds. The van der Waals surface area contributed by atoms with Crippen molar-refractivity contribution in [2.75, 3.05) is 0 Å². The highest BCUT2D eigenvalue weighted by Gasteiger charge is 2.06. The molecule has 86 valence electrons. The summed E-state index contributed by atoms with van der Waals surface area (Å²) < 4.78 is 0. The van der Waals surface area contributed by atoms with Crippen molar-refractivity contribution in [3.05, 3.63) is 46.4 Å². The van der Waals surface area contributed by atoms with Crippen LogP contribution in [0.25, 0.3) is 16.6 Å². The third kappa shape index (κ3) is 2.93. The molecule has 2 rings (SSSR count). The highest BCUT2D eigenvalue weighted by molar-refractivity contribution is 7.15. The molecule has 0 aliphatic carbocycles. The standard InChI is InChI=1S/C12H8ClNO2S/c13-10-4-2-1-3-9(10)12-14-7-8(17-12)5-6-11(15)16/h1-7H,(H,15,16)/b6-5+. The molecule has 0 aliphatic heterocycles. The molecule has 5 heteroatoms. The number of rotatable bonds is 3. The number of carboxylic acid groups (broad SMARTS) is 1. The minimum Gasteiger partial charge on any atom is -0.478 e. The van der Waals surface area contributed by atoms with Gasteiger partial charge in [0.2, 0.25) is 0 Å². The van der Waals surface area contributed by atoms with Crippen LogP contribution >= 0.6 is 22.9 Å². The van der Waals surface area contributed by atoms with Crippen LogP contribution in [0.4, 0.5) is 0 Å². The molecule has 0 atom stereocenters. The van der Waals surface area contributed by atoms with Gasteiger partial charge in [0, 0.05) is 22.7 Å². The van der Waals surface area contributed by atoms with Gasteiger partial charge >= 0.3 is 5.97 Å². The average Bonchev–Trinajstić information content (AvgIpc) is 2.75. The van der Waals surface area contributed by atoms with E-state index in [-0.39, 0.29) is 0 Å². The second-order valence-corrected chi connectivity index (χ2v) is 4.69. The largest absolute Gasteiger partial charge is 0.478 e. The van der Waals surface area contributed by atoms with E-state index in [0.717, 1.165) is 21.5 Å². The summed E-state index contributed by atoms with van der Waals surface area (Å²) in [6.45, 7) is 0. The number of carbonyl (C=O) groups is 1. The number of halogens is 1. The molecule has 3 nitrogen and oxygen atoms in total. The van der Waals surface area contributed by atoms with Crippen LogP contribution in [-0.4, -0.2) is 16.1 Å². The topological polar surface area (TPSA) is 50.2 Å². The Bertz CT molecular complexity index is 577. The molecule has 1 heterocycles. The van der Waals surface area contributed by atoms with Gasteiger partial charge in [-0.25, -0.2) is 9.78 Å². The lowest BCUT2D eigenvalue weighted by atomic mass is 10.2. The molecule has 0 aliphatic rings.